The van der Waals surface area contributed by atoms with E-state index < -0.39 is 5.91 Å². The maximum atomic E-state index is 12.9. The molecule has 174 valence electrons. The number of benzene rings is 3. The lowest BCUT2D eigenvalue weighted by molar-refractivity contribution is -0.117. The van der Waals surface area contributed by atoms with E-state index in [2.05, 4.69) is 38.4 Å². The highest BCUT2D eigenvalue weighted by Gasteiger charge is 2.14. The molecule has 0 spiro atoms. The van der Waals surface area contributed by atoms with Gasteiger partial charge in [0.2, 0.25) is 0 Å². The zero-order chi connectivity index (χ0) is 24.5. The molecule has 3 aromatic carbocycles. The van der Waals surface area contributed by atoms with Crippen LogP contribution < -0.4 is 20.4 Å². The molecule has 0 aliphatic rings. The van der Waals surface area contributed by atoms with E-state index in [-0.39, 0.29) is 11.6 Å². The third kappa shape index (κ3) is 6.92. The molecule has 2 N–H and O–H groups in total. The molecule has 0 saturated heterocycles. The predicted octanol–water partition coefficient (Wildman–Crippen LogP) is 4.29. The van der Waals surface area contributed by atoms with E-state index in [0.29, 0.717) is 5.56 Å². The second kappa shape index (κ2) is 12.0. The molecule has 0 atom stereocenters. The average molecular weight is 568 g/mol. The minimum atomic E-state index is -0.541. The first-order chi connectivity index (χ1) is 16.4. The Bertz CT molecular complexity index is 1210. The summed E-state index contributed by atoms with van der Waals surface area (Å²) < 4.78 is 6.18. The fraction of sp³-hybridized carbons (Fsp3) is 0.115. The Hall–Kier alpha value is -3.66. The van der Waals surface area contributed by atoms with Crippen LogP contribution in [0.2, 0.25) is 0 Å². The SMILES string of the molecule is COc1ccc(/C=N\NC(=O)/C(=C\c2ccc(N(C)C)cc2)NC(=O)c2ccccc2)cc1I. The van der Waals surface area contributed by atoms with E-state index >= 15 is 0 Å². The smallest absolute Gasteiger partial charge is 0.287 e. The summed E-state index contributed by atoms with van der Waals surface area (Å²) in [5.74, 6) is -0.169. The molecular weight excluding hydrogens is 543 g/mol. The number of carbonyl (C=O) groups excluding carboxylic acids is 2. The normalized spacial score (nSPS) is 11.2. The van der Waals surface area contributed by atoms with Crippen molar-refractivity contribution in [2.24, 2.45) is 5.10 Å². The second-order valence-electron chi connectivity index (χ2n) is 7.46. The van der Waals surface area contributed by atoms with Gasteiger partial charge in [0.05, 0.1) is 16.9 Å². The van der Waals surface area contributed by atoms with E-state index in [1.807, 2.05) is 67.5 Å². The molecule has 0 aliphatic heterocycles. The number of hydrazone groups is 1. The van der Waals surface area contributed by atoms with Crippen molar-refractivity contribution in [3.63, 3.8) is 0 Å². The Kier molecular flexibility index (Phi) is 8.80. The van der Waals surface area contributed by atoms with Crippen molar-refractivity contribution in [1.29, 1.82) is 0 Å². The zero-order valence-electron chi connectivity index (χ0n) is 19.1. The molecule has 0 unspecified atom stereocenters. The van der Waals surface area contributed by atoms with Gasteiger partial charge >= 0.3 is 0 Å². The number of anilines is 1. The number of ether oxygens (including phenoxy) is 1. The molecule has 2 amide bonds. The van der Waals surface area contributed by atoms with Gasteiger partial charge in [0.25, 0.3) is 11.8 Å². The molecule has 3 rings (SSSR count). The number of amides is 2. The van der Waals surface area contributed by atoms with Crippen molar-refractivity contribution < 1.29 is 14.3 Å². The third-order valence-electron chi connectivity index (χ3n) is 4.80. The van der Waals surface area contributed by atoms with Gasteiger partial charge in [-0.2, -0.15) is 5.10 Å². The highest BCUT2D eigenvalue weighted by Crippen LogP contribution is 2.20. The van der Waals surface area contributed by atoms with Crippen LogP contribution in [0.15, 0.2) is 83.6 Å². The third-order valence-corrected chi connectivity index (χ3v) is 5.65. The summed E-state index contributed by atoms with van der Waals surface area (Å²) in [4.78, 5) is 27.6. The number of halogens is 1. The molecule has 7 nitrogen and oxygen atoms in total. The molecule has 0 aromatic heterocycles. The van der Waals surface area contributed by atoms with Crippen LogP contribution in [-0.4, -0.2) is 39.2 Å². The largest absolute Gasteiger partial charge is 0.496 e. The Morgan fingerprint density at radius 2 is 1.65 bits per heavy atom. The van der Waals surface area contributed by atoms with Crippen molar-refractivity contribution >= 4 is 52.4 Å². The van der Waals surface area contributed by atoms with Crippen LogP contribution in [0.3, 0.4) is 0 Å². The molecule has 3 aromatic rings. The molecule has 0 saturated carbocycles. The Labute approximate surface area is 212 Å². The van der Waals surface area contributed by atoms with Crippen LogP contribution >= 0.6 is 22.6 Å². The quantitative estimate of drug-likeness (QED) is 0.184. The highest BCUT2D eigenvalue weighted by molar-refractivity contribution is 14.1. The summed E-state index contributed by atoms with van der Waals surface area (Å²) >= 11 is 2.17. The van der Waals surface area contributed by atoms with Gasteiger partial charge in [-0.25, -0.2) is 5.43 Å². The van der Waals surface area contributed by atoms with Crippen LogP contribution in [0.1, 0.15) is 21.5 Å². The lowest BCUT2D eigenvalue weighted by atomic mass is 10.1. The summed E-state index contributed by atoms with van der Waals surface area (Å²) in [6, 6.07) is 21.9. The maximum absolute atomic E-state index is 12.9. The highest BCUT2D eigenvalue weighted by atomic mass is 127. The van der Waals surface area contributed by atoms with Gasteiger partial charge in [-0.1, -0.05) is 30.3 Å². The maximum Gasteiger partial charge on any atom is 0.287 e. The number of hydrogen-bond donors (Lipinski definition) is 2. The number of nitrogens with one attached hydrogen (secondary N) is 2. The number of rotatable bonds is 8. The first-order valence-electron chi connectivity index (χ1n) is 10.4. The number of methoxy groups -OCH3 is 1. The van der Waals surface area contributed by atoms with Gasteiger partial charge in [0.15, 0.2) is 0 Å². The van der Waals surface area contributed by atoms with E-state index in [1.165, 1.54) is 6.21 Å². The summed E-state index contributed by atoms with van der Waals surface area (Å²) in [5.41, 5.74) is 5.59. The van der Waals surface area contributed by atoms with Gasteiger partial charge in [-0.15, -0.1) is 0 Å². The zero-order valence-corrected chi connectivity index (χ0v) is 21.2. The molecule has 34 heavy (non-hydrogen) atoms. The van der Waals surface area contributed by atoms with Gasteiger partial charge in [-0.05, 0) is 82.3 Å². The first kappa shape index (κ1) is 25.0. The molecule has 0 radical (unpaired) electrons. The number of hydrogen-bond acceptors (Lipinski definition) is 5. The van der Waals surface area contributed by atoms with E-state index in [9.17, 15) is 9.59 Å². The first-order valence-corrected chi connectivity index (χ1v) is 11.5. The lowest BCUT2D eigenvalue weighted by Gasteiger charge is -2.12. The Balaban J connectivity index is 1.80. The molecule has 0 aliphatic carbocycles. The Morgan fingerprint density at radius 1 is 0.971 bits per heavy atom. The predicted molar refractivity (Wildman–Crippen MR) is 144 cm³/mol. The number of carbonyl (C=O) groups is 2. The molecular formula is C26H25IN4O3. The molecule has 0 bridgehead atoms. The van der Waals surface area contributed by atoms with Crippen LogP contribution in [0.25, 0.3) is 6.08 Å². The standard InChI is InChI=1S/C26H25IN4O3/c1-31(2)21-12-9-18(10-13-21)16-23(29-25(32)20-7-5-4-6-8-20)26(33)30-28-17-19-11-14-24(34-3)22(27)15-19/h4-17H,1-3H3,(H,29,32)(H,30,33)/b23-16+,28-17-. The molecule has 8 heteroatoms. The molecule has 0 heterocycles. The Morgan fingerprint density at radius 3 is 2.26 bits per heavy atom. The summed E-state index contributed by atoms with van der Waals surface area (Å²) in [5, 5.41) is 6.75. The summed E-state index contributed by atoms with van der Waals surface area (Å²) in [6.45, 7) is 0. The van der Waals surface area contributed by atoms with E-state index in [4.69, 9.17) is 4.74 Å². The fourth-order valence-corrected chi connectivity index (χ4v) is 3.73. The van der Waals surface area contributed by atoms with Crippen LogP contribution in [0.4, 0.5) is 5.69 Å². The van der Waals surface area contributed by atoms with E-state index in [1.54, 1.807) is 37.5 Å². The van der Waals surface area contributed by atoms with Gasteiger partial charge in [0, 0.05) is 25.3 Å². The van der Waals surface area contributed by atoms with Crippen LogP contribution in [0, 0.1) is 3.57 Å². The van der Waals surface area contributed by atoms with Gasteiger partial charge in [-0.3, -0.25) is 9.59 Å². The van der Waals surface area contributed by atoms with Crippen molar-refractivity contribution in [1.82, 2.24) is 10.7 Å². The fourth-order valence-electron chi connectivity index (χ4n) is 2.97. The monoisotopic (exact) mass is 568 g/mol. The van der Waals surface area contributed by atoms with Crippen LogP contribution in [-0.2, 0) is 4.79 Å². The topological polar surface area (TPSA) is 83.0 Å². The average Bonchev–Trinajstić information content (AvgIpc) is 2.84. The summed E-state index contributed by atoms with van der Waals surface area (Å²) in [7, 11) is 5.51. The second-order valence-corrected chi connectivity index (χ2v) is 8.62. The van der Waals surface area contributed by atoms with Gasteiger partial charge < -0.3 is 15.0 Å². The number of nitrogens with zero attached hydrogens (tertiary/aromatic N) is 2. The van der Waals surface area contributed by atoms with E-state index in [0.717, 1.165) is 26.1 Å². The van der Waals surface area contributed by atoms with Gasteiger partial charge in [0.1, 0.15) is 11.4 Å². The van der Waals surface area contributed by atoms with Crippen molar-refractivity contribution in [2.45, 2.75) is 0 Å². The minimum absolute atomic E-state index is 0.0768. The van der Waals surface area contributed by atoms with Crippen molar-refractivity contribution in [3.05, 3.63) is 98.8 Å². The van der Waals surface area contributed by atoms with Crippen molar-refractivity contribution in [3.8, 4) is 5.75 Å². The summed E-state index contributed by atoms with van der Waals surface area (Å²) in [6.07, 6.45) is 3.14. The minimum Gasteiger partial charge on any atom is -0.496 e. The van der Waals surface area contributed by atoms with Crippen molar-refractivity contribution in [2.75, 3.05) is 26.1 Å². The molecule has 0 fully saturated rings. The lowest BCUT2D eigenvalue weighted by Crippen LogP contribution is -2.32. The van der Waals surface area contributed by atoms with Crippen LogP contribution in [0.5, 0.6) is 5.75 Å².